The Kier molecular flexibility index (Phi) is 5.91. The molecule has 6 nitrogen and oxygen atoms in total. The summed E-state index contributed by atoms with van der Waals surface area (Å²) in [7, 11) is 0. The van der Waals surface area contributed by atoms with Crippen molar-refractivity contribution in [2.24, 2.45) is 0 Å². The maximum absolute atomic E-state index is 9.50. The van der Waals surface area contributed by atoms with Crippen LogP contribution in [0.1, 0.15) is 22.3 Å². The highest BCUT2D eigenvalue weighted by Gasteiger charge is 2.05. The number of phenolic OH excluding ortho intramolecular Hbond substituents is 4. The highest BCUT2D eigenvalue weighted by Crippen LogP contribution is 2.25. The number of furan rings is 2. The summed E-state index contributed by atoms with van der Waals surface area (Å²) in [4.78, 5) is 0. The lowest BCUT2D eigenvalue weighted by Gasteiger charge is -2.02. The Hall–Kier alpha value is -3.80. The van der Waals surface area contributed by atoms with E-state index in [0.717, 1.165) is 22.3 Å². The second-order valence-corrected chi connectivity index (χ2v) is 6.24. The van der Waals surface area contributed by atoms with Gasteiger partial charge in [-0.15, -0.1) is 0 Å². The molecule has 0 amide bonds. The molecule has 4 N–H and O–H groups in total. The maximum atomic E-state index is 9.50. The third kappa shape index (κ3) is 5.11. The highest BCUT2D eigenvalue weighted by atomic mass is 16.3. The Balaban J connectivity index is 0.000000161. The average molecular weight is 380 g/mol. The molecular weight excluding hydrogens is 360 g/mol. The van der Waals surface area contributed by atoms with Crippen molar-refractivity contribution in [1.29, 1.82) is 0 Å². The van der Waals surface area contributed by atoms with Gasteiger partial charge in [-0.05, 0) is 46.5 Å². The number of rotatable bonds is 4. The molecule has 144 valence electrons. The van der Waals surface area contributed by atoms with Crippen LogP contribution in [0.25, 0.3) is 0 Å². The molecule has 0 bridgehead atoms. The van der Waals surface area contributed by atoms with Gasteiger partial charge in [0.25, 0.3) is 0 Å². The normalized spacial score (nSPS) is 10.3. The van der Waals surface area contributed by atoms with Crippen LogP contribution in [0.15, 0.2) is 82.4 Å². The molecule has 2 aromatic heterocycles. The second-order valence-electron chi connectivity index (χ2n) is 6.24. The van der Waals surface area contributed by atoms with E-state index in [1.807, 2.05) is 12.1 Å². The van der Waals surface area contributed by atoms with E-state index < -0.39 is 0 Å². The number of benzene rings is 2. The van der Waals surface area contributed by atoms with Gasteiger partial charge in [0.05, 0.1) is 25.1 Å². The zero-order chi connectivity index (χ0) is 19.9. The van der Waals surface area contributed by atoms with Gasteiger partial charge >= 0.3 is 0 Å². The van der Waals surface area contributed by atoms with Gasteiger partial charge in [0.1, 0.15) is 23.0 Å². The van der Waals surface area contributed by atoms with Crippen LogP contribution in [0.4, 0.5) is 0 Å². The molecule has 4 rings (SSSR count). The molecular formula is C22H20O6. The number of hydrogen-bond donors (Lipinski definition) is 4. The Morgan fingerprint density at radius 3 is 1.32 bits per heavy atom. The van der Waals surface area contributed by atoms with Crippen molar-refractivity contribution in [2.45, 2.75) is 12.8 Å². The zero-order valence-electron chi connectivity index (χ0n) is 14.9. The van der Waals surface area contributed by atoms with Crippen molar-refractivity contribution in [2.75, 3.05) is 0 Å². The quantitative estimate of drug-likeness (QED) is 0.413. The molecule has 28 heavy (non-hydrogen) atoms. The minimum atomic E-state index is 0.0680. The van der Waals surface area contributed by atoms with E-state index in [9.17, 15) is 10.2 Å². The lowest BCUT2D eigenvalue weighted by molar-refractivity contribution is 0.445. The molecule has 0 fully saturated rings. The summed E-state index contributed by atoms with van der Waals surface area (Å²) in [5.41, 5.74) is 3.52. The molecule has 2 aromatic carbocycles. The van der Waals surface area contributed by atoms with Crippen molar-refractivity contribution in [3.63, 3.8) is 0 Å². The Bertz CT molecular complexity index is 920. The van der Waals surface area contributed by atoms with Crippen LogP contribution in [0.5, 0.6) is 23.0 Å². The first kappa shape index (κ1) is 19.0. The summed E-state index contributed by atoms with van der Waals surface area (Å²) in [6, 6.07) is 12.8. The van der Waals surface area contributed by atoms with E-state index in [4.69, 9.17) is 19.0 Å². The van der Waals surface area contributed by atoms with Crippen LogP contribution in [0.3, 0.4) is 0 Å². The standard InChI is InChI=1S/2C11H10O3/c2*12-10-2-1-9(11(13)6-10)5-8-3-4-14-7-8/h2*1-4,6-7,12-13H,5H2. The summed E-state index contributed by atoms with van der Waals surface area (Å²) >= 11 is 0. The minimum Gasteiger partial charge on any atom is -0.508 e. The third-order valence-corrected chi connectivity index (χ3v) is 4.09. The van der Waals surface area contributed by atoms with E-state index in [2.05, 4.69) is 0 Å². The number of aromatic hydroxyl groups is 4. The van der Waals surface area contributed by atoms with Gasteiger partial charge in [0.15, 0.2) is 0 Å². The van der Waals surface area contributed by atoms with Crippen molar-refractivity contribution in [1.82, 2.24) is 0 Å². The first-order valence-corrected chi connectivity index (χ1v) is 8.55. The van der Waals surface area contributed by atoms with Crippen LogP contribution < -0.4 is 0 Å². The predicted molar refractivity (Wildman–Crippen MR) is 103 cm³/mol. The number of phenols is 4. The van der Waals surface area contributed by atoms with Crippen LogP contribution >= 0.6 is 0 Å². The summed E-state index contributed by atoms with van der Waals surface area (Å²) in [6.45, 7) is 0. The molecule has 2 heterocycles. The first-order valence-electron chi connectivity index (χ1n) is 8.55. The predicted octanol–water partition coefficient (Wildman–Crippen LogP) is 4.56. The Morgan fingerprint density at radius 2 is 1.00 bits per heavy atom. The van der Waals surface area contributed by atoms with Crippen LogP contribution in [-0.2, 0) is 12.8 Å². The molecule has 6 heteroatoms. The summed E-state index contributed by atoms with van der Waals surface area (Å²) in [5.74, 6) is 0.342. The smallest absolute Gasteiger partial charge is 0.122 e. The lowest BCUT2D eigenvalue weighted by Crippen LogP contribution is -1.85. The van der Waals surface area contributed by atoms with Crippen LogP contribution in [-0.4, -0.2) is 20.4 Å². The maximum Gasteiger partial charge on any atom is 0.122 e. The van der Waals surface area contributed by atoms with Crippen molar-refractivity contribution >= 4 is 0 Å². The Morgan fingerprint density at radius 1 is 0.571 bits per heavy atom. The van der Waals surface area contributed by atoms with Gasteiger partial charge in [0.2, 0.25) is 0 Å². The molecule has 0 saturated heterocycles. The van der Waals surface area contributed by atoms with Crippen LogP contribution in [0, 0.1) is 0 Å². The van der Waals surface area contributed by atoms with E-state index in [0.29, 0.717) is 12.8 Å². The van der Waals surface area contributed by atoms with Crippen molar-refractivity contribution < 1.29 is 29.3 Å². The summed E-state index contributed by atoms with van der Waals surface area (Å²) in [6.07, 6.45) is 7.64. The summed E-state index contributed by atoms with van der Waals surface area (Å²) in [5, 5.41) is 37.2. The van der Waals surface area contributed by atoms with Gasteiger partial charge in [-0.25, -0.2) is 0 Å². The number of hydrogen-bond acceptors (Lipinski definition) is 6. The zero-order valence-corrected chi connectivity index (χ0v) is 14.9. The van der Waals surface area contributed by atoms with Crippen molar-refractivity contribution in [3.8, 4) is 23.0 Å². The average Bonchev–Trinajstić information content (AvgIpc) is 3.34. The van der Waals surface area contributed by atoms with E-state index in [-0.39, 0.29) is 23.0 Å². The van der Waals surface area contributed by atoms with Gasteiger partial charge in [-0.3, -0.25) is 0 Å². The first-order chi connectivity index (χ1) is 13.5. The molecule has 4 aromatic rings. The monoisotopic (exact) mass is 380 g/mol. The largest absolute Gasteiger partial charge is 0.508 e. The molecule has 0 radical (unpaired) electrons. The van der Waals surface area contributed by atoms with Gasteiger partial charge in [0, 0.05) is 25.0 Å². The van der Waals surface area contributed by atoms with E-state index >= 15 is 0 Å². The highest BCUT2D eigenvalue weighted by molar-refractivity contribution is 5.42. The lowest BCUT2D eigenvalue weighted by atomic mass is 10.1. The SMILES string of the molecule is Oc1ccc(Cc2ccoc2)c(O)c1.Oc1ccc(Cc2ccoc2)c(O)c1. The molecule has 0 atom stereocenters. The van der Waals surface area contributed by atoms with E-state index in [1.54, 1.807) is 49.3 Å². The second kappa shape index (κ2) is 8.73. The van der Waals surface area contributed by atoms with E-state index in [1.165, 1.54) is 12.1 Å². The van der Waals surface area contributed by atoms with Gasteiger partial charge < -0.3 is 29.3 Å². The molecule has 0 aliphatic rings. The molecule has 0 spiro atoms. The van der Waals surface area contributed by atoms with Crippen LogP contribution in [0.2, 0.25) is 0 Å². The third-order valence-electron chi connectivity index (χ3n) is 4.09. The Labute approximate surface area is 161 Å². The summed E-state index contributed by atoms with van der Waals surface area (Å²) < 4.78 is 9.84. The van der Waals surface area contributed by atoms with Crippen molar-refractivity contribution in [3.05, 3.63) is 95.8 Å². The minimum absolute atomic E-state index is 0.0680. The fraction of sp³-hybridized carbons (Fsp3) is 0.0909. The molecule has 0 unspecified atom stereocenters. The fourth-order valence-electron chi connectivity index (χ4n) is 2.63. The topological polar surface area (TPSA) is 107 Å². The van der Waals surface area contributed by atoms with Gasteiger partial charge in [-0.2, -0.15) is 0 Å². The fourth-order valence-corrected chi connectivity index (χ4v) is 2.63. The molecule has 0 aliphatic carbocycles. The molecule has 0 aliphatic heterocycles. The molecule has 0 saturated carbocycles. The van der Waals surface area contributed by atoms with Gasteiger partial charge in [-0.1, -0.05) is 12.1 Å².